The molecule has 0 aliphatic heterocycles. The third-order valence-electron chi connectivity index (χ3n) is 4.38. The third-order valence-corrected chi connectivity index (χ3v) is 4.38. The van der Waals surface area contributed by atoms with Crippen LogP contribution in [-0.2, 0) is 16.9 Å². The fourth-order valence-corrected chi connectivity index (χ4v) is 2.67. The zero-order valence-electron chi connectivity index (χ0n) is 14.8. The van der Waals surface area contributed by atoms with Gasteiger partial charge < -0.3 is 10.5 Å². The molecule has 25 heavy (non-hydrogen) atoms. The number of ether oxygens (including phenoxy) is 1. The molecule has 0 fully saturated rings. The SMILES string of the molecule is CC(C)(C#N)CCC(N)(COCc1ccccc1)c1ccccc1F. The molecule has 0 radical (unpaired) electrons. The third kappa shape index (κ3) is 5.38. The average molecular weight is 340 g/mol. The molecule has 0 heterocycles. The molecule has 1 unspecified atom stereocenters. The van der Waals surface area contributed by atoms with Crippen molar-refractivity contribution in [3.05, 3.63) is 71.5 Å². The summed E-state index contributed by atoms with van der Waals surface area (Å²) in [5.41, 5.74) is 6.54. The molecule has 2 rings (SSSR count). The van der Waals surface area contributed by atoms with Crippen molar-refractivity contribution in [2.75, 3.05) is 6.61 Å². The molecule has 0 spiro atoms. The van der Waals surface area contributed by atoms with E-state index >= 15 is 0 Å². The van der Waals surface area contributed by atoms with Gasteiger partial charge in [0.15, 0.2) is 0 Å². The van der Waals surface area contributed by atoms with Crippen LogP contribution >= 0.6 is 0 Å². The Morgan fingerprint density at radius 2 is 1.68 bits per heavy atom. The minimum absolute atomic E-state index is 0.185. The standard InChI is InChI=1S/C21H25FN2O/c1-20(2,15-23)12-13-21(24,18-10-6-7-11-19(18)22)16-25-14-17-8-4-3-5-9-17/h3-11H,12-14,16,24H2,1-2H3. The van der Waals surface area contributed by atoms with Crippen molar-refractivity contribution in [3.8, 4) is 6.07 Å². The zero-order chi connectivity index (χ0) is 18.3. The Morgan fingerprint density at radius 3 is 2.32 bits per heavy atom. The Hall–Kier alpha value is -2.22. The monoisotopic (exact) mass is 340 g/mol. The van der Waals surface area contributed by atoms with Crippen LogP contribution in [0.1, 0.15) is 37.8 Å². The lowest BCUT2D eigenvalue weighted by Gasteiger charge is -2.32. The van der Waals surface area contributed by atoms with Crippen LogP contribution in [0, 0.1) is 22.6 Å². The van der Waals surface area contributed by atoms with Gasteiger partial charge in [0.25, 0.3) is 0 Å². The topological polar surface area (TPSA) is 59.0 Å². The van der Waals surface area contributed by atoms with Crippen LogP contribution in [0.4, 0.5) is 4.39 Å². The highest BCUT2D eigenvalue weighted by Gasteiger charge is 2.33. The highest BCUT2D eigenvalue weighted by molar-refractivity contribution is 5.26. The lowest BCUT2D eigenvalue weighted by atomic mass is 9.80. The summed E-state index contributed by atoms with van der Waals surface area (Å²) in [6, 6.07) is 18.6. The van der Waals surface area contributed by atoms with E-state index in [0.717, 1.165) is 5.56 Å². The van der Waals surface area contributed by atoms with Crippen molar-refractivity contribution in [1.29, 1.82) is 5.26 Å². The molecule has 0 saturated carbocycles. The lowest BCUT2D eigenvalue weighted by Crippen LogP contribution is -2.43. The predicted octanol–water partition coefficient (Wildman–Crippen LogP) is 4.53. The highest BCUT2D eigenvalue weighted by Crippen LogP contribution is 2.32. The van der Waals surface area contributed by atoms with E-state index in [1.54, 1.807) is 18.2 Å². The molecule has 1 atom stereocenters. The first-order chi connectivity index (χ1) is 11.9. The molecule has 0 bridgehead atoms. The zero-order valence-corrected chi connectivity index (χ0v) is 14.8. The van der Waals surface area contributed by atoms with Crippen LogP contribution in [0.25, 0.3) is 0 Å². The second kappa shape index (κ2) is 8.24. The molecule has 132 valence electrons. The molecular formula is C21H25FN2O. The van der Waals surface area contributed by atoms with Crippen LogP contribution in [0.3, 0.4) is 0 Å². The van der Waals surface area contributed by atoms with Crippen molar-refractivity contribution in [2.45, 2.75) is 38.8 Å². The average Bonchev–Trinajstić information content (AvgIpc) is 2.61. The fourth-order valence-electron chi connectivity index (χ4n) is 2.67. The van der Waals surface area contributed by atoms with Crippen molar-refractivity contribution < 1.29 is 9.13 Å². The van der Waals surface area contributed by atoms with E-state index in [-0.39, 0.29) is 12.4 Å². The number of hydrogen-bond donors (Lipinski definition) is 1. The van der Waals surface area contributed by atoms with Gasteiger partial charge in [-0.25, -0.2) is 4.39 Å². The van der Waals surface area contributed by atoms with Crippen molar-refractivity contribution in [1.82, 2.24) is 0 Å². The van der Waals surface area contributed by atoms with Crippen molar-refractivity contribution >= 4 is 0 Å². The maximum absolute atomic E-state index is 14.3. The number of hydrogen-bond acceptors (Lipinski definition) is 3. The molecule has 0 amide bonds. The minimum Gasteiger partial charge on any atom is -0.375 e. The van der Waals surface area contributed by atoms with Gasteiger partial charge >= 0.3 is 0 Å². The molecule has 4 heteroatoms. The smallest absolute Gasteiger partial charge is 0.128 e. The van der Waals surface area contributed by atoms with E-state index in [9.17, 15) is 9.65 Å². The number of halogens is 1. The molecule has 0 saturated heterocycles. The van der Waals surface area contributed by atoms with Crippen LogP contribution < -0.4 is 5.73 Å². The molecule has 2 aromatic rings. The summed E-state index contributed by atoms with van der Waals surface area (Å²) in [6.07, 6.45) is 1.02. The summed E-state index contributed by atoms with van der Waals surface area (Å²) < 4.78 is 20.2. The summed E-state index contributed by atoms with van der Waals surface area (Å²) in [4.78, 5) is 0. The molecule has 0 aliphatic rings. The van der Waals surface area contributed by atoms with E-state index in [1.165, 1.54) is 6.07 Å². The lowest BCUT2D eigenvalue weighted by molar-refractivity contribution is 0.0632. The van der Waals surface area contributed by atoms with E-state index in [2.05, 4.69) is 6.07 Å². The molecule has 0 aliphatic carbocycles. The molecule has 0 aromatic heterocycles. The molecule has 2 aromatic carbocycles. The second-order valence-electron chi connectivity index (χ2n) is 7.11. The molecule has 2 N–H and O–H groups in total. The Labute approximate surface area is 149 Å². The van der Waals surface area contributed by atoms with Crippen molar-refractivity contribution in [3.63, 3.8) is 0 Å². The maximum Gasteiger partial charge on any atom is 0.128 e. The van der Waals surface area contributed by atoms with Gasteiger partial charge in [-0.05, 0) is 38.3 Å². The number of nitriles is 1. The van der Waals surface area contributed by atoms with Gasteiger partial charge in [0.2, 0.25) is 0 Å². The van der Waals surface area contributed by atoms with Crippen LogP contribution in [0.2, 0.25) is 0 Å². The van der Waals surface area contributed by atoms with Crippen LogP contribution in [0.15, 0.2) is 54.6 Å². The fraction of sp³-hybridized carbons (Fsp3) is 0.381. The number of nitrogens with zero attached hydrogens (tertiary/aromatic N) is 1. The first-order valence-electron chi connectivity index (χ1n) is 8.43. The molecular weight excluding hydrogens is 315 g/mol. The minimum atomic E-state index is -0.978. The Bertz CT molecular complexity index is 724. The van der Waals surface area contributed by atoms with Gasteiger partial charge in [-0.3, -0.25) is 0 Å². The largest absolute Gasteiger partial charge is 0.375 e. The summed E-state index contributed by atoms with van der Waals surface area (Å²) >= 11 is 0. The Balaban J connectivity index is 2.14. The molecule has 3 nitrogen and oxygen atoms in total. The van der Waals surface area contributed by atoms with Crippen LogP contribution in [-0.4, -0.2) is 6.61 Å². The number of benzene rings is 2. The predicted molar refractivity (Wildman–Crippen MR) is 97.0 cm³/mol. The van der Waals surface area contributed by atoms with Gasteiger partial charge in [0.05, 0.1) is 30.2 Å². The van der Waals surface area contributed by atoms with Gasteiger partial charge in [-0.15, -0.1) is 0 Å². The van der Waals surface area contributed by atoms with Gasteiger partial charge in [0.1, 0.15) is 5.82 Å². The van der Waals surface area contributed by atoms with E-state index in [4.69, 9.17) is 10.5 Å². The summed E-state index contributed by atoms with van der Waals surface area (Å²) in [5.74, 6) is -0.344. The van der Waals surface area contributed by atoms with E-state index in [1.807, 2.05) is 44.2 Å². The maximum atomic E-state index is 14.3. The highest BCUT2D eigenvalue weighted by atomic mass is 19.1. The summed E-state index contributed by atoms with van der Waals surface area (Å²) in [6.45, 7) is 4.32. The van der Waals surface area contributed by atoms with Gasteiger partial charge in [-0.2, -0.15) is 5.26 Å². The first kappa shape index (κ1) is 19.1. The number of nitrogens with two attached hydrogens (primary N) is 1. The summed E-state index contributed by atoms with van der Waals surface area (Å²) in [7, 11) is 0. The normalized spacial score (nSPS) is 13.9. The quantitative estimate of drug-likeness (QED) is 0.768. The van der Waals surface area contributed by atoms with E-state index in [0.29, 0.717) is 25.0 Å². The van der Waals surface area contributed by atoms with Crippen molar-refractivity contribution in [2.24, 2.45) is 11.1 Å². The second-order valence-corrected chi connectivity index (χ2v) is 7.11. The Morgan fingerprint density at radius 1 is 1.04 bits per heavy atom. The number of rotatable bonds is 8. The van der Waals surface area contributed by atoms with E-state index < -0.39 is 11.0 Å². The Kier molecular flexibility index (Phi) is 6.30. The first-order valence-corrected chi connectivity index (χ1v) is 8.43. The van der Waals surface area contributed by atoms with Crippen LogP contribution in [0.5, 0.6) is 0 Å². The van der Waals surface area contributed by atoms with Gasteiger partial charge in [-0.1, -0.05) is 48.5 Å². The summed E-state index contributed by atoms with van der Waals surface area (Å²) in [5, 5.41) is 9.24. The van der Waals surface area contributed by atoms with Gasteiger partial charge in [0, 0.05) is 5.56 Å².